The second-order valence-corrected chi connectivity index (χ2v) is 6.69. The van der Waals surface area contributed by atoms with E-state index in [1.165, 1.54) is 19.2 Å². The standard InChI is InChI=1S/C21H24F2N2O2/c1-3-25-10-4-5-17(25)13-24-21(26)15-8-6-14(7-9-15)16-11-18(22)20(27-2)19(23)12-16/h6-9,11-12,17H,3-5,10,13H2,1-2H3,(H,24,26). The summed E-state index contributed by atoms with van der Waals surface area (Å²) >= 11 is 0. The Balaban J connectivity index is 1.67. The van der Waals surface area contributed by atoms with Crippen molar-refractivity contribution < 1.29 is 18.3 Å². The monoisotopic (exact) mass is 374 g/mol. The number of likely N-dealkylation sites (tertiary alicyclic amines) is 1. The molecule has 1 aliphatic rings. The molecule has 1 heterocycles. The fraction of sp³-hybridized carbons (Fsp3) is 0.381. The van der Waals surface area contributed by atoms with Crippen LogP contribution in [0.5, 0.6) is 5.75 Å². The maximum atomic E-state index is 13.9. The number of rotatable bonds is 6. The van der Waals surface area contributed by atoms with Gasteiger partial charge in [0.2, 0.25) is 0 Å². The number of carbonyl (C=O) groups is 1. The van der Waals surface area contributed by atoms with Crippen molar-refractivity contribution in [3.63, 3.8) is 0 Å². The number of methoxy groups -OCH3 is 1. The predicted octanol–water partition coefficient (Wildman–Crippen LogP) is 3.85. The van der Waals surface area contributed by atoms with Gasteiger partial charge in [0, 0.05) is 18.2 Å². The summed E-state index contributed by atoms with van der Waals surface area (Å²) in [6, 6.07) is 9.52. The van der Waals surface area contributed by atoms with E-state index in [0.29, 0.717) is 29.3 Å². The van der Waals surface area contributed by atoms with Gasteiger partial charge in [0.15, 0.2) is 17.4 Å². The van der Waals surface area contributed by atoms with E-state index >= 15 is 0 Å². The number of benzene rings is 2. The fourth-order valence-electron chi connectivity index (χ4n) is 3.59. The molecule has 0 aromatic heterocycles. The van der Waals surface area contributed by atoms with Gasteiger partial charge in [-0.3, -0.25) is 9.69 Å². The van der Waals surface area contributed by atoms with Gasteiger partial charge < -0.3 is 10.1 Å². The van der Waals surface area contributed by atoms with Crippen molar-refractivity contribution in [2.45, 2.75) is 25.8 Å². The first kappa shape index (κ1) is 19.3. The highest BCUT2D eigenvalue weighted by molar-refractivity contribution is 5.94. The van der Waals surface area contributed by atoms with Crippen LogP contribution in [0.4, 0.5) is 8.78 Å². The quantitative estimate of drug-likeness (QED) is 0.835. The minimum atomic E-state index is -0.758. The maximum Gasteiger partial charge on any atom is 0.251 e. The van der Waals surface area contributed by atoms with E-state index in [1.54, 1.807) is 24.3 Å². The Morgan fingerprint density at radius 3 is 2.44 bits per heavy atom. The van der Waals surface area contributed by atoms with E-state index in [4.69, 9.17) is 4.74 Å². The zero-order valence-electron chi connectivity index (χ0n) is 15.6. The molecule has 1 unspecified atom stereocenters. The third-order valence-electron chi connectivity index (χ3n) is 5.09. The molecule has 2 aromatic carbocycles. The summed E-state index contributed by atoms with van der Waals surface area (Å²) in [5.74, 6) is -2.06. The van der Waals surface area contributed by atoms with Crippen LogP contribution in [0.15, 0.2) is 36.4 Å². The highest BCUT2D eigenvalue weighted by Gasteiger charge is 2.23. The molecular weight excluding hydrogens is 350 g/mol. The number of amides is 1. The molecule has 3 rings (SSSR count). The summed E-state index contributed by atoms with van der Waals surface area (Å²) in [5.41, 5.74) is 1.54. The van der Waals surface area contributed by atoms with Gasteiger partial charge in [0.25, 0.3) is 5.91 Å². The lowest BCUT2D eigenvalue weighted by atomic mass is 10.0. The van der Waals surface area contributed by atoms with Crippen molar-refractivity contribution in [1.82, 2.24) is 10.2 Å². The first-order valence-electron chi connectivity index (χ1n) is 9.19. The van der Waals surface area contributed by atoms with Crippen LogP contribution < -0.4 is 10.1 Å². The third kappa shape index (κ3) is 4.27. The second-order valence-electron chi connectivity index (χ2n) is 6.69. The van der Waals surface area contributed by atoms with Crippen LogP contribution in [0.25, 0.3) is 11.1 Å². The average Bonchev–Trinajstić information content (AvgIpc) is 3.13. The van der Waals surface area contributed by atoms with Crippen molar-refractivity contribution in [2.75, 3.05) is 26.7 Å². The smallest absolute Gasteiger partial charge is 0.251 e. The van der Waals surface area contributed by atoms with Gasteiger partial charge in [-0.2, -0.15) is 0 Å². The Hall–Kier alpha value is -2.47. The van der Waals surface area contributed by atoms with Gasteiger partial charge in [0.05, 0.1) is 7.11 Å². The van der Waals surface area contributed by atoms with E-state index in [2.05, 4.69) is 17.1 Å². The molecule has 0 radical (unpaired) electrons. The van der Waals surface area contributed by atoms with Gasteiger partial charge >= 0.3 is 0 Å². The lowest BCUT2D eigenvalue weighted by molar-refractivity contribution is 0.0941. The van der Waals surface area contributed by atoms with E-state index < -0.39 is 17.4 Å². The molecule has 0 spiro atoms. The van der Waals surface area contributed by atoms with Gasteiger partial charge in [-0.25, -0.2) is 8.78 Å². The molecule has 6 heteroatoms. The molecule has 144 valence electrons. The van der Waals surface area contributed by atoms with Crippen molar-refractivity contribution in [1.29, 1.82) is 0 Å². The largest absolute Gasteiger partial charge is 0.491 e. The Bertz CT molecular complexity index is 785. The van der Waals surface area contributed by atoms with Crippen LogP contribution in [0, 0.1) is 11.6 Å². The van der Waals surface area contributed by atoms with E-state index in [9.17, 15) is 13.6 Å². The number of halogens is 2. The molecule has 1 aliphatic heterocycles. The number of nitrogens with zero attached hydrogens (tertiary/aromatic N) is 1. The Morgan fingerprint density at radius 2 is 1.85 bits per heavy atom. The molecule has 27 heavy (non-hydrogen) atoms. The van der Waals surface area contributed by atoms with Crippen LogP contribution in [0.2, 0.25) is 0 Å². The zero-order valence-corrected chi connectivity index (χ0v) is 15.6. The molecular formula is C21H24F2N2O2. The number of hydrogen-bond acceptors (Lipinski definition) is 3. The summed E-state index contributed by atoms with van der Waals surface area (Å²) in [6.07, 6.45) is 2.26. The lowest BCUT2D eigenvalue weighted by Gasteiger charge is -2.22. The zero-order chi connectivity index (χ0) is 19.4. The van der Waals surface area contributed by atoms with Crippen LogP contribution in [0.3, 0.4) is 0 Å². The fourth-order valence-corrected chi connectivity index (χ4v) is 3.59. The molecule has 1 N–H and O–H groups in total. The van der Waals surface area contributed by atoms with Crippen molar-refractivity contribution in [2.24, 2.45) is 0 Å². The minimum absolute atomic E-state index is 0.142. The highest BCUT2D eigenvalue weighted by Crippen LogP contribution is 2.29. The lowest BCUT2D eigenvalue weighted by Crippen LogP contribution is -2.40. The number of nitrogens with one attached hydrogen (secondary N) is 1. The predicted molar refractivity (Wildman–Crippen MR) is 101 cm³/mol. The molecule has 1 fully saturated rings. The summed E-state index contributed by atoms with van der Waals surface area (Å²) in [5, 5.41) is 2.98. The number of carbonyl (C=O) groups excluding carboxylic acids is 1. The topological polar surface area (TPSA) is 41.6 Å². The first-order chi connectivity index (χ1) is 13.0. The van der Waals surface area contributed by atoms with Crippen molar-refractivity contribution >= 4 is 5.91 Å². The van der Waals surface area contributed by atoms with Gasteiger partial charge in [-0.1, -0.05) is 19.1 Å². The average molecular weight is 374 g/mol. The molecule has 1 atom stereocenters. The van der Waals surface area contributed by atoms with E-state index in [0.717, 1.165) is 25.9 Å². The Kier molecular flexibility index (Phi) is 6.06. The molecule has 4 nitrogen and oxygen atoms in total. The summed E-state index contributed by atoms with van der Waals surface area (Å²) in [6.45, 7) is 4.83. The van der Waals surface area contributed by atoms with Crippen LogP contribution in [-0.4, -0.2) is 43.6 Å². The molecule has 0 bridgehead atoms. The van der Waals surface area contributed by atoms with Crippen LogP contribution in [-0.2, 0) is 0 Å². The van der Waals surface area contributed by atoms with Crippen molar-refractivity contribution in [3.8, 4) is 16.9 Å². The van der Waals surface area contributed by atoms with E-state index in [1.807, 2.05) is 0 Å². The molecule has 2 aromatic rings. The summed E-state index contributed by atoms with van der Waals surface area (Å²) in [7, 11) is 1.22. The maximum absolute atomic E-state index is 13.9. The molecule has 1 amide bonds. The van der Waals surface area contributed by atoms with Gasteiger partial charge in [-0.05, 0) is 61.3 Å². The third-order valence-corrected chi connectivity index (χ3v) is 5.09. The molecule has 0 saturated carbocycles. The molecule has 0 aliphatic carbocycles. The number of hydrogen-bond donors (Lipinski definition) is 1. The second kappa shape index (κ2) is 8.48. The molecule has 1 saturated heterocycles. The number of likely N-dealkylation sites (N-methyl/N-ethyl adjacent to an activating group) is 1. The SMILES string of the molecule is CCN1CCCC1CNC(=O)c1ccc(-c2cc(F)c(OC)c(F)c2)cc1. The van der Waals surface area contributed by atoms with E-state index in [-0.39, 0.29) is 5.91 Å². The van der Waals surface area contributed by atoms with Crippen molar-refractivity contribution in [3.05, 3.63) is 53.6 Å². The Morgan fingerprint density at radius 1 is 1.19 bits per heavy atom. The van der Waals surface area contributed by atoms with Gasteiger partial charge in [-0.15, -0.1) is 0 Å². The number of ether oxygens (including phenoxy) is 1. The normalized spacial score (nSPS) is 17.1. The van der Waals surface area contributed by atoms with Crippen LogP contribution in [0.1, 0.15) is 30.1 Å². The first-order valence-corrected chi connectivity index (χ1v) is 9.19. The van der Waals surface area contributed by atoms with Crippen LogP contribution >= 0.6 is 0 Å². The summed E-state index contributed by atoms with van der Waals surface area (Å²) < 4.78 is 32.5. The highest BCUT2D eigenvalue weighted by atomic mass is 19.1. The minimum Gasteiger partial charge on any atom is -0.491 e. The summed E-state index contributed by atoms with van der Waals surface area (Å²) in [4.78, 5) is 14.7. The Labute approximate surface area is 158 Å². The van der Waals surface area contributed by atoms with Gasteiger partial charge in [0.1, 0.15) is 0 Å².